The third-order valence-corrected chi connectivity index (χ3v) is 1.23. The normalized spacial score (nSPS) is 9.64. The van der Waals surface area contributed by atoms with Gasteiger partial charge in [-0.3, -0.25) is 0 Å². The van der Waals surface area contributed by atoms with Gasteiger partial charge in [0.1, 0.15) is 5.69 Å². The number of carbonyl (C=O) groups is 1. The first kappa shape index (κ1) is 8.07. The molecule has 0 amide bonds. The van der Waals surface area contributed by atoms with E-state index >= 15 is 0 Å². The summed E-state index contributed by atoms with van der Waals surface area (Å²) < 4.78 is 4.67. The van der Waals surface area contributed by atoms with Gasteiger partial charge in [-0.2, -0.15) is 0 Å². The first-order valence-corrected chi connectivity index (χ1v) is 3.49. The molecule has 1 aromatic heterocycles. The van der Waals surface area contributed by atoms with Crippen LogP contribution in [0.4, 0.5) is 0 Å². The predicted octanol–water partition coefficient (Wildman–Crippen LogP) is 1.24. The van der Waals surface area contributed by atoms with Crippen LogP contribution in [0, 0.1) is 0 Å². The number of rotatable bonds is 2. The number of H-pyrrole nitrogens is 1. The van der Waals surface area contributed by atoms with Crippen molar-refractivity contribution >= 4 is 17.6 Å². The van der Waals surface area contributed by atoms with Gasteiger partial charge in [0.05, 0.1) is 12.8 Å². The molecule has 1 rings (SSSR count). The number of ether oxygens (including phenoxy) is 1. The molecule has 11 heavy (non-hydrogen) atoms. The number of halogens is 1. The van der Waals surface area contributed by atoms with Crippen molar-refractivity contribution in [2.45, 2.75) is 6.92 Å². The van der Waals surface area contributed by atoms with E-state index in [0.717, 1.165) is 0 Å². The van der Waals surface area contributed by atoms with Gasteiger partial charge in [-0.05, 0) is 18.5 Å². The summed E-state index contributed by atoms with van der Waals surface area (Å²) in [4.78, 5) is 17.1. The molecule has 0 aliphatic rings. The van der Waals surface area contributed by atoms with Crippen LogP contribution in [0.15, 0.2) is 6.20 Å². The van der Waals surface area contributed by atoms with E-state index in [1.165, 1.54) is 6.20 Å². The molecule has 0 saturated heterocycles. The topological polar surface area (TPSA) is 55.0 Å². The van der Waals surface area contributed by atoms with Crippen molar-refractivity contribution in [1.82, 2.24) is 9.97 Å². The largest absolute Gasteiger partial charge is 0.461 e. The molecule has 1 heterocycles. The van der Waals surface area contributed by atoms with Crippen LogP contribution in [0.1, 0.15) is 17.4 Å². The zero-order valence-corrected chi connectivity index (χ0v) is 6.68. The van der Waals surface area contributed by atoms with Gasteiger partial charge in [0.25, 0.3) is 0 Å². The number of esters is 1. The van der Waals surface area contributed by atoms with E-state index in [0.29, 0.717) is 6.61 Å². The first-order valence-electron chi connectivity index (χ1n) is 3.11. The van der Waals surface area contributed by atoms with Gasteiger partial charge in [0.15, 0.2) is 0 Å². The maximum absolute atomic E-state index is 10.9. The van der Waals surface area contributed by atoms with Crippen molar-refractivity contribution < 1.29 is 9.53 Å². The molecule has 0 fully saturated rings. The van der Waals surface area contributed by atoms with Crippen molar-refractivity contribution in [3.05, 3.63) is 17.2 Å². The van der Waals surface area contributed by atoms with Crippen LogP contribution in [0.25, 0.3) is 0 Å². The van der Waals surface area contributed by atoms with E-state index in [9.17, 15) is 4.79 Å². The molecule has 5 heteroatoms. The zero-order chi connectivity index (χ0) is 8.27. The van der Waals surface area contributed by atoms with Crippen LogP contribution >= 0.6 is 11.6 Å². The second kappa shape index (κ2) is 3.39. The van der Waals surface area contributed by atoms with Crippen LogP contribution < -0.4 is 0 Å². The highest BCUT2D eigenvalue weighted by molar-refractivity contribution is 6.28. The van der Waals surface area contributed by atoms with Crippen LogP contribution in [-0.2, 0) is 4.74 Å². The summed E-state index contributed by atoms with van der Waals surface area (Å²) in [5.41, 5.74) is 0.275. The Kier molecular flexibility index (Phi) is 2.48. The van der Waals surface area contributed by atoms with Crippen molar-refractivity contribution in [1.29, 1.82) is 0 Å². The van der Waals surface area contributed by atoms with Crippen molar-refractivity contribution in [3.63, 3.8) is 0 Å². The van der Waals surface area contributed by atoms with Crippen molar-refractivity contribution in [3.8, 4) is 0 Å². The highest BCUT2D eigenvalue weighted by atomic mass is 35.5. The van der Waals surface area contributed by atoms with Gasteiger partial charge in [0, 0.05) is 0 Å². The Morgan fingerprint density at radius 3 is 3.09 bits per heavy atom. The first-order chi connectivity index (χ1) is 5.24. The molecule has 0 aliphatic heterocycles. The molecule has 0 radical (unpaired) electrons. The van der Waals surface area contributed by atoms with E-state index in [-0.39, 0.29) is 11.0 Å². The van der Waals surface area contributed by atoms with Crippen LogP contribution in [0.5, 0.6) is 0 Å². The minimum Gasteiger partial charge on any atom is -0.461 e. The fourth-order valence-electron chi connectivity index (χ4n) is 0.609. The maximum atomic E-state index is 10.9. The van der Waals surface area contributed by atoms with E-state index < -0.39 is 5.97 Å². The quantitative estimate of drug-likeness (QED) is 0.687. The fraction of sp³-hybridized carbons (Fsp3) is 0.333. The summed E-state index contributed by atoms with van der Waals surface area (Å²) in [5, 5.41) is 0.188. The number of hydrogen-bond donors (Lipinski definition) is 1. The number of aromatic nitrogens is 2. The SMILES string of the molecule is CCOC(=O)c1cnc(Cl)[nH]1. The summed E-state index contributed by atoms with van der Waals surface area (Å²) in [7, 11) is 0. The average molecular weight is 175 g/mol. The Morgan fingerprint density at radius 1 is 1.91 bits per heavy atom. The Labute approximate surface area is 68.5 Å². The number of imidazole rings is 1. The molecule has 0 bridgehead atoms. The van der Waals surface area contributed by atoms with Gasteiger partial charge in [-0.15, -0.1) is 0 Å². The Morgan fingerprint density at radius 2 is 2.64 bits per heavy atom. The van der Waals surface area contributed by atoms with E-state index in [1.54, 1.807) is 6.92 Å². The maximum Gasteiger partial charge on any atom is 0.356 e. The lowest BCUT2D eigenvalue weighted by Gasteiger charge is -1.95. The molecular weight excluding hydrogens is 168 g/mol. The van der Waals surface area contributed by atoms with Crippen LogP contribution in [0.2, 0.25) is 5.28 Å². The molecule has 60 valence electrons. The predicted molar refractivity (Wildman–Crippen MR) is 39.6 cm³/mol. The molecular formula is C6H7ClN2O2. The summed E-state index contributed by atoms with van der Waals surface area (Å²) in [6.07, 6.45) is 1.33. The van der Waals surface area contributed by atoms with Gasteiger partial charge >= 0.3 is 5.97 Å². The molecule has 0 atom stereocenters. The van der Waals surface area contributed by atoms with E-state index in [1.807, 2.05) is 0 Å². The number of hydrogen-bond acceptors (Lipinski definition) is 3. The van der Waals surface area contributed by atoms with Gasteiger partial charge in [-0.1, -0.05) is 0 Å². The Hall–Kier alpha value is -1.03. The third kappa shape index (κ3) is 1.94. The molecule has 4 nitrogen and oxygen atoms in total. The molecule has 0 aliphatic carbocycles. The van der Waals surface area contributed by atoms with Crippen LogP contribution in [0.3, 0.4) is 0 Å². The van der Waals surface area contributed by atoms with E-state index in [2.05, 4.69) is 14.7 Å². The number of nitrogens with one attached hydrogen (secondary N) is 1. The summed E-state index contributed by atoms with van der Waals surface area (Å²) in [5.74, 6) is -0.438. The molecule has 0 aromatic carbocycles. The minimum absolute atomic E-state index is 0.188. The smallest absolute Gasteiger partial charge is 0.356 e. The number of nitrogens with zero attached hydrogens (tertiary/aromatic N) is 1. The lowest BCUT2D eigenvalue weighted by Crippen LogP contribution is -2.04. The Balaban J connectivity index is 2.69. The monoisotopic (exact) mass is 174 g/mol. The zero-order valence-electron chi connectivity index (χ0n) is 5.93. The average Bonchev–Trinajstić information content (AvgIpc) is 2.36. The number of aromatic amines is 1. The second-order valence-corrected chi connectivity index (χ2v) is 2.17. The summed E-state index contributed by atoms with van der Waals surface area (Å²) >= 11 is 5.43. The molecule has 1 aromatic rings. The van der Waals surface area contributed by atoms with Gasteiger partial charge in [0.2, 0.25) is 5.28 Å². The van der Waals surface area contributed by atoms with Crippen molar-refractivity contribution in [2.24, 2.45) is 0 Å². The minimum atomic E-state index is -0.438. The van der Waals surface area contributed by atoms with Crippen LogP contribution in [-0.4, -0.2) is 22.5 Å². The summed E-state index contributed by atoms with van der Waals surface area (Å²) in [6.45, 7) is 2.07. The molecule has 1 N–H and O–H groups in total. The van der Waals surface area contributed by atoms with Gasteiger partial charge < -0.3 is 9.72 Å². The highest BCUT2D eigenvalue weighted by Crippen LogP contribution is 2.03. The molecule has 0 saturated carbocycles. The van der Waals surface area contributed by atoms with Gasteiger partial charge in [-0.25, -0.2) is 9.78 Å². The second-order valence-electron chi connectivity index (χ2n) is 1.81. The standard InChI is InChI=1S/C6H7ClN2O2/c1-2-11-5(10)4-3-8-6(7)9-4/h3H,2H2,1H3,(H,8,9). The lowest BCUT2D eigenvalue weighted by atomic mass is 10.5. The molecule has 0 unspecified atom stereocenters. The third-order valence-electron chi connectivity index (χ3n) is 1.04. The van der Waals surface area contributed by atoms with Crippen molar-refractivity contribution in [2.75, 3.05) is 6.61 Å². The highest BCUT2D eigenvalue weighted by Gasteiger charge is 2.08. The number of carbonyl (C=O) groups excluding carboxylic acids is 1. The molecule has 0 spiro atoms. The lowest BCUT2D eigenvalue weighted by molar-refractivity contribution is 0.0520. The van der Waals surface area contributed by atoms with E-state index in [4.69, 9.17) is 11.6 Å². The fourth-order valence-corrected chi connectivity index (χ4v) is 0.760. The Bertz CT molecular complexity index is 259. The summed E-state index contributed by atoms with van der Waals surface area (Å²) in [6, 6.07) is 0.